The summed E-state index contributed by atoms with van der Waals surface area (Å²) in [4.78, 5) is 28.5. The van der Waals surface area contributed by atoms with Crippen molar-refractivity contribution in [3.8, 4) is 0 Å². The van der Waals surface area contributed by atoms with Crippen LogP contribution in [0.1, 0.15) is 35.8 Å². The Labute approximate surface area is 167 Å². The second kappa shape index (κ2) is 8.69. The summed E-state index contributed by atoms with van der Waals surface area (Å²) in [5.74, 6) is 1.28. The second-order valence-electron chi connectivity index (χ2n) is 7.99. The molecule has 0 radical (unpaired) electrons. The van der Waals surface area contributed by atoms with Gasteiger partial charge in [-0.2, -0.15) is 0 Å². The van der Waals surface area contributed by atoms with Gasteiger partial charge in [-0.15, -0.1) is 0 Å². The first-order chi connectivity index (χ1) is 13.7. The first-order valence-corrected chi connectivity index (χ1v) is 10.3. The van der Waals surface area contributed by atoms with Gasteiger partial charge in [0, 0.05) is 52.0 Å². The monoisotopic (exact) mass is 379 g/mol. The quantitative estimate of drug-likeness (QED) is 0.818. The predicted molar refractivity (Wildman–Crippen MR) is 110 cm³/mol. The molecule has 1 amide bonds. The fraction of sp³-hybridized carbons (Fsp3) is 0.500. The molecular weight excluding hydrogens is 350 g/mol. The Kier molecular flexibility index (Phi) is 5.86. The van der Waals surface area contributed by atoms with E-state index in [4.69, 9.17) is 0 Å². The van der Waals surface area contributed by atoms with Gasteiger partial charge in [0.1, 0.15) is 5.69 Å². The first-order valence-electron chi connectivity index (χ1n) is 10.3. The number of piperazine rings is 1. The molecule has 2 aliphatic heterocycles. The fourth-order valence-electron chi connectivity index (χ4n) is 4.10. The van der Waals surface area contributed by atoms with Crippen LogP contribution < -0.4 is 4.90 Å². The van der Waals surface area contributed by atoms with Crippen molar-refractivity contribution in [2.75, 3.05) is 44.2 Å². The molecule has 2 fully saturated rings. The Bertz CT molecular complexity index is 789. The number of hydrogen-bond donors (Lipinski definition) is 0. The number of anilines is 1. The lowest BCUT2D eigenvalue weighted by molar-refractivity contribution is 0.0677. The molecule has 1 unspecified atom stereocenters. The van der Waals surface area contributed by atoms with Crippen molar-refractivity contribution in [3.63, 3.8) is 0 Å². The van der Waals surface area contributed by atoms with E-state index < -0.39 is 0 Å². The summed E-state index contributed by atoms with van der Waals surface area (Å²) in [6.07, 6.45) is 4.00. The standard InChI is InChI=1S/C22H29N5O/c1-18-6-5-11-27(16-18)21(28)20-9-10-23-22(24-20)26-14-12-25(13-15-26)17-19-7-3-2-4-8-19/h2-4,7-10,18H,5-6,11-17H2,1H3. The molecule has 0 bridgehead atoms. The normalized spacial score (nSPS) is 21.0. The van der Waals surface area contributed by atoms with Crippen molar-refractivity contribution in [2.24, 2.45) is 5.92 Å². The highest BCUT2D eigenvalue weighted by Gasteiger charge is 2.25. The van der Waals surface area contributed by atoms with Crippen LogP contribution in [0.25, 0.3) is 0 Å². The summed E-state index contributed by atoms with van der Waals surface area (Å²) < 4.78 is 0. The van der Waals surface area contributed by atoms with Gasteiger partial charge in [0.2, 0.25) is 5.95 Å². The summed E-state index contributed by atoms with van der Waals surface area (Å²) in [5.41, 5.74) is 1.86. The maximum Gasteiger partial charge on any atom is 0.272 e. The molecule has 0 saturated carbocycles. The minimum Gasteiger partial charge on any atom is -0.338 e. The molecule has 3 heterocycles. The first kappa shape index (κ1) is 18.9. The maximum atomic E-state index is 12.8. The zero-order valence-corrected chi connectivity index (χ0v) is 16.6. The van der Waals surface area contributed by atoms with E-state index in [1.807, 2.05) is 4.90 Å². The van der Waals surface area contributed by atoms with E-state index in [2.05, 4.69) is 57.0 Å². The number of carbonyl (C=O) groups excluding carboxylic acids is 1. The number of carbonyl (C=O) groups is 1. The molecule has 1 aromatic heterocycles. The van der Waals surface area contributed by atoms with Crippen LogP contribution in [-0.2, 0) is 6.54 Å². The average molecular weight is 380 g/mol. The Balaban J connectivity index is 1.36. The summed E-state index contributed by atoms with van der Waals surface area (Å²) in [6, 6.07) is 12.3. The van der Waals surface area contributed by atoms with Crippen LogP contribution in [0, 0.1) is 5.92 Å². The van der Waals surface area contributed by atoms with Crippen molar-refractivity contribution >= 4 is 11.9 Å². The third kappa shape index (κ3) is 4.50. The molecule has 28 heavy (non-hydrogen) atoms. The van der Waals surface area contributed by atoms with E-state index in [1.54, 1.807) is 12.3 Å². The molecule has 4 rings (SSSR count). The van der Waals surface area contributed by atoms with Crippen LogP contribution >= 0.6 is 0 Å². The van der Waals surface area contributed by atoms with Gasteiger partial charge < -0.3 is 9.80 Å². The smallest absolute Gasteiger partial charge is 0.272 e. The number of rotatable bonds is 4. The topological polar surface area (TPSA) is 52.6 Å². The molecule has 6 heteroatoms. The minimum absolute atomic E-state index is 0.0397. The molecule has 1 atom stereocenters. The lowest BCUT2D eigenvalue weighted by Gasteiger charge is -2.35. The lowest BCUT2D eigenvalue weighted by Crippen LogP contribution is -2.46. The second-order valence-corrected chi connectivity index (χ2v) is 7.99. The average Bonchev–Trinajstić information content (AvgIpc) is 2.75. The van der Waals surface area contributed by atoms with Crippen LogP contribution in [0.5, 0.6) is 0 Å². The molecule has 0 aliphatic carbocycles. The van der Waals surface area contributed by atoms with Crippen LogP contribution in [-0.4, -0.2) is 64.9 Å². The number of benzene rings is 1. The van der Waals surface area contributed by atoms with Gasteiger partial charge in [-0.25, -0.2) is 9.97 Å². The van der Waals surface area contributed by atoms with Gasteiger partial charge in [0.15, 0.2) is 0 Å². The molecule has 2 aliphatic rings. The number of likely N-dealkylation sites (tertiary alicyclic amines) is 1. The highest BCUT2D eigenvalue weighted by Crippen LogP contribution is 2.19. The Morgan fingerprint density at radius 3 is 2.61 bits per heavy atom. The third-order valence-electron chi connectivity index (χ3n) is 5.71. The van der Waals surface area contributed by atoms with Crippen LogP contribution in [0.15, 0.2) is 42.6 Å². The van der Waals surface area contributed by atoms with Crippen molar-refractivity contribution in [1.29, 1.82) is 0 Å². The summed E-state index contributed by atoms with van der Waals surface area (Å²) in [5, 5.41) is 0. The Morgan fingerprint density at radius 2 is 1.86 bits per heavy atom. The Morgan fingerprint density at radius 1 is 1.07 bits per heavy atom. The number of amides is 1. The zero-order valence-electron chi connectivity index (χ0n) is 16.6. The molecular formula is C22H29N5O. The van der Waals surface area contributed by atoms with Gasteiger partial charge in [-0.05, 0) is 30.4 Å². The molecule has 0 N–H and O–H groups in total. The fourth-order valence-corrected chi connectivity index (χ4v) is 4.10. The van der Waals surface area contributed by atoms with Gasteiger partial charge >= 0.3 is 0 Å². The molecule has 1 aromatic carbocycles. The third-order valence-corrected chi connectivity index (χ3v) is 5.71. The number of hydrogen-bond acceptors (Lipinski definition) is 5. The molecule has 6 nitrogen and oxygen atoms in total. The van der Waals surface area contributed by atoms with Crippen molar-refractivity contribution in [1.82, 2.24) is 19.8 Å². The van der Waals surface area contributed by atoms with E-state index in [-0.39, 0.29) is 5.91 Å². The number of nitrogens with zero attached hydrogens (tertiary/aromatic N) is 5. The van der Waals surface area contributed by atoms with Gasteiger partial charge in [-0.1, -0.05) is 37.3 Å². The highest BCUT2D eigenvalue weighted by molar-refractivity contribution is 5.92. The van der Waals surface area contributed by atoms with Crippen LogP contribution in [0.4, 0.5) is 5.95 Å². The number of piperidine rings is 1. The minimum atomic E-state index is 0.0397. The summed E-state index contributed by atoms with van der Waals surface area (Å²) >= 11 is 0. The summed E-state index contributed by atoms with van der Waals surface area (Å²) in [7, 11) is 0. The molecule has 2 saturated heterocycles. The van der Waals surface area contributed by atoms with E-state index in [0.29, 0.717) is 17.6 Å². The van der Waals surface area contributed by atoms with Crippen molar-refractivity contribution < 1.29 is 4.79 Å². The van der Waals surface area contributed by atoms with Crippen LogP contribution in [0.2, 0.25) is 0 Å². The van der Waals surface area contributed by atoms with Crippen molar-refractivity contribution in [2.45, 2.75) is 26.3 Å². The maximum absolute atomic E-state index is 12.8. The molecule has 148 valence electrons. The van der Waals surface area contributed by atoms with E-state index in [1.165, 1.54) is 12.0 Å². The predicted octanol–water partition coefficient (Wildman–Crippen LogP) is 2.67. The van der Waals surface area contributed by atoms with Gasteiger partial charge in [0.25, 0.3) is 5.91 Å². The van der Waals surface area contributed by atoms with Gasteiger partial charge in [0.05, 0.1) is 0 Å². The molecule has 2 aromatic rings. The number of aromatic nitrogens is 2. The lowest BCUT2D eigenvalue weighted by atomic mass is 10.00. The Hall–Kier alpha value is -2.47. The van der Waals surface area contributed by atoms with E-state index in [9.17, 15) is 4.79 Å². The van der Waals surface area contributed by atoms with Gasteiger partial charge in [-0.3, -0.25) is 9.69 Å². The largest absolute Gasteiger partial charge is 0.338 e. The van der Waals surface area contributed by atoms with E-state index >= 15 is 0 Å². The van der Waals surface area contributed by atoms with E-state index in [0.717, 1.165) is 52.2 Å². The highest BCUT2D eigenvalue weighted by atomic mass is 16.2. The van der Waals surface area contributed by atoms with Crippen LogP contribution in [0.3, 0.4) is 0 Å². The zero-order chi connectivity index (χ0) is 19.3. The SMILES string of the molecule is CC1CCCN(C(=O)c2ccnc(N3CCN(Cc4ccccc4)CC3)n2)C1. The van der Waals surface area contributed by atoms with Crippen molar-refractivity contribution in [3.05, 3.63) is 53.9 Å². The summed E-state index contributed by atoms with van der Waals surface area (Å²) in [6.45, 7) is 8.55. The molecule has 0 spiro atoms.